The fraction of sp³-hybridized carbons (Fsp3) is 0.357. The van der Waals surface area contributed by atoms with Gasteiger partial charge in [-0.05, 0) is 37.5 Å². The monoisotopic (exact) mass is 247 g/mol. The highest BCUT2D eigenvalue weighted by molar-refractivity contribution is 7.09. The van der Waals surface area contributed by atoms with E-state index in [9.17, 15) is 5.11 Å². The van der Waals surface area contributed by atoms with Gasteiger partial charge in [-0.25, -0.2) is 4.98 Å². The van der Waals surface area contributed by atoms with E-state index in [0.29, 0.717) is 6.42 Å². The summed E-state index contributed by atoms with van der Waals surface area (Å²) in [5.74, 6) is 0. The van der Waals surface area contributed by atoms with Crippen molar-refractivity contribution in [3.8, 4) is 0 Å². The number of aliphatic hydroxyl groups is 1. The van der Waals surface area contributed by atoms with Gasteiger partial charge in [0.2, 0.25) is 0 Å². The number of thiazole rings is 1. The SMILES string of the molecule is Cc1csc(C(O)Cc2ccc(C)c(C)c2)n1. The molecular weight excluding hydrogens is 230 g/mol. The first-order chi connectivity index (χ1) is 8.06. The van der Waals surface area contributed by atoms with E-state index in [1.165, 1.54) is 22.5 Å². The highest BCUT2D eigenvalue weighted by Gasteiger charge is 2.12. The molecule has 0 bridgehead atoms. The highest BCUT2D eigenvalue weighted by Crippen LogP contribution is 2.22. The van der Waals surface area contributed by atoms with Crippen LogP contribution in [0, 0.1) is 20.8 Å². The number of rotatable bonds is 3. The zero-order chi connectivity index (χ0) is 12.4. The summed E-state index contributed by atoms with van der Waals surface area (Å²) in [4.78, 5) is 4.32. The first-order valence-corrected chi connectivity index (χ1v) is 6.60. The summed E-state index contributed by atoms with van der Waals surface area (Å²) in [6.45, 7) is 6.14. The maximum atomic E-state index is 10.1. The average molecular weight is 247 g/mol. The fourth-order valence-corrected chi connectivity index (χ4v) is 2.55. The first-order valence-electron chi connectivity index (χ1n) is 5.72. The van der Waals surface area contributed by atoms with E-state index in [1.807, 2.05) is 12.3 Å². The Hall–Kier alpha value is -1.19. The molecule has 1 aromatic heterocycles. The zero-order valence-corrected chi connectivity index (χ0v) is 11.2. The van der Waals surface area contributed by atoms with Crippen LogP contribution < -0.4 is 0 Å². The molecule has 1 heterocycles. The Kier molecular flexibility index (Phi) is 3.60. The number of aromatic nitrogens is 1. The molecule has 0 spiro atoms. The molecule has 2 nitrogen and oxygen atoms in total. The third kappa shape index (κ3) is 2.93. The van der Waals surface area contributed by atoms with Crippen LogP contribution in [0.1, 0.15) is 33.5 Å². The van der Waals surface area contributed by atoms with E-state index in [0.717, 1.165) is 16.3 Å². The van der Waals surface area contributed by atoms with Crippen molar-refractivity contribution in [3.05, 3.63) is 51.0 Å². The van der Waals surface area contributed by atoms with E-state index in [4.69, 9.17) is 0 Å². The summed E-state index contributed by atoms with van der Waals surface area (Å²) >= 11 is 1.52. The van der Waals surface area contributed by atoms with Crippen LogP contribution in [-0.4, -0.2) is 10.1 Å². The minimum atomic E-state index is -0.490. The van der Waals surface area contributed by atoms with Gasteiger partial charge in [0, 0.05) is 17.5 Å². The molecular formula is C14H17NOS. The van der Waals surface area contributed by atoms with E-state index >= 15 is 0 Å². The van der Waals surface area contributed by atoms with Crippen molar-refractivity contribution < 1.29 is 5.11 Å². The molecule has 1 atom stereocenters. The average Bonchev–Trinajstić information content (AvgIpc) is 2.70. The molecule has 0 saturated heterocycles. The van der Waals surface area contributed by atoms with Gasteiger partial charge < -0.3 is 5.11 Å². The maximum absolute atomic E-state index is 10.1. The molecule has 0 aliphatic carbocycles. The smallest absolute Gasteiger partial charge is 0.122 e. The van der Waals surface area contributed by atoms with Gasteiger partial charge >= 0.3 is 0 Å². The predicted octanol–water partition coefficient (Wildman–Crippen LogP) is 3.34. The van der Waals surface area contributed by atoms with Crippen molar-refractivity contribution in [2.45, 2.75) is 33.3 Å². The van der Waals surface area contributed by atoms with Gasteiger partial charge in [0.25, 0.3) is 0 Å². The Morgan fingerprint density at radius 1 is 1.24 bits per heavy atom. The summed E-state index contributed by atoms with van der Waals surface area (Å²) in [5.41, 5.74) is 4.69. The molecule has 0 amide bonds. The molecule has 0 aliphatic rings. The lowest BCUT2D eigenvalue weighted by atomic mass is 10.0. The number of hydrogen-bond acceptors (Lipinski definition) is 3. The van der Waals surface area contributed by atoms with Crippen LogP contribution in [0.3, 0.4) is 0 Å². The second kappa shape index (κ2) is 4.98. The van der Waals surface area contributed by atoms with Crippen LogP contribution in [-0.2, 0) is 6.42 Å². The van der Waals surface area contributed by atoms with Crippen LogP contribution in [0.15, 0.2) is 23.6 Å². The summed E-state index contributed by atoms with van der Waals surface area (Å²) in [6, 6.07) is 6.32. The van der Waals surface area contributed by atoms with E-state index in [-0.39, 0.29) is 0 Å². The number of nitrogens with zero attached hydrogens (tertiary/aromatic N) is 1. The van der Waals surface area contributed by atoms with Crippen LogP contribution in [0.25, 0.3) is 0 Å². The number of aryl methyl sites for hydroxylation is 3. The second-order valence-corrected chi connectivity index (χ2v) is 5.36. The molecule has 0 aliphatic heterocycles. The molecule has 2 aromatic rings. The highest BCUT2D eigenvalue weighted by atomic mass is 32.1. The molecule has 0 fully saturated rings. The van der Waals surface area contributed by atoms with Gasteiger partial charge in [-0.2, -0.15) is 0 Å². The summed E-state index contributed by atoms with van der Waals surface area (Å²) in [7, 11) is 0. The predicted molar refractivity (Wildman–Crippen MR) is 71.4 cm³/mol. The van der Waals surface area contributed by atoms with Crippen LogP contribution in [0.4, 0.5) is 0 Å². The Bertz CT molecular complexity index is 519. The fourth-order valence-electron chi connectivity index (χ4n) is 1.77. The van der Waals surface area contributed by atoms with E-state index in [1.54, 1.807) is 0 Å². The maximum Gasteiger partial charge on any atom is 0.122 e. The molecule has 0 radical (unpaired) electrons. The van der Waals surface area contributed by atoms with E-state index < -0.39 is 6.10 Å². The number of aliphatic hydroxyl groups excluding tert-OH is 1. The van der Waals surface area contributed by atoms with Crippen molar-refractivity contribution in [3.63, 3.8) is 0 Å². The van der Waals surface area contributed by atoms with Gasteiger partial charge in [-0.1, -0.05) is 18.2 Å². The van der Waals surface area contributed by atoms with Crippen molar-refractivity contribution in [1.82, 2.24) is 4.98 Å². The molecule has 90 valence electrons. The molecule has 0 saturated carbocycles. The molecule has 17 heavy (non-hydrogen) atoms. The van der Waals surface area contributed by atoms with Gasteiger partial charge in [0.05, 0.1) is 0 Å². The largest absolute Gasteiger partial charge is 0.386 e. The lowest BCUT2D eigenvalue weighted by Gasteiger charge is -2.09. The van der Waals surface area contributed by atoms with Crippen molar-refractivity contribution in [1.29, 1.82) is 0 Å². The van der Waals surface area contributed by atoms with Crippen molar-refractivity contribution in [2.24, 2.45) is 0 Å². The van der Waals surface area contributed by atoms with E-state index in [2.05, 4.69) is 37.0 Å². The van der Waals surface area contributed by atoms with Crippen LogP contribution in [0.2, 0.25) is 0 Å². The molecule has 1 unspecified atom stereocenters. The lowest BCUT2D eigenvalue weighted by molar-refractivity contribution is 0.178. The topological polar surface area (TPSA) is 33.1 Å². The number of hydrogen-bond donors (Lipinski definition) is 1. The Morgan fingerprint density at radius 3 is 2.59 bits per heavy atom. The molecule has 1 N–H and O–H groups in total. The first kappa shape index (κ1) is 12.3. The van der Waals surface area contributed by atoms with Crippen molar-refractivity contribution >= 4 is 11.3 Å². The zero-order valence-electron chi connectivity index (χ0n) is 10.4. The minimum absolute atomic E-state index is 0.490. The normalized spacial score (nSPS) is 12.7. The van der Waals surface area contributed by atoms with Crippen molar-refractivity contribution in [2.75, 3.05) is 0 Å². The summed E-state index contributed by atoms with van der Waals surface area (Å²) in [5, 5.41) is 12.9. The molecule has 3 heteroatoms. The Morgan fingerprint density at radius 2 is 2.00 bits per heavy atom. The van der Waals surface area contributed by atoms with Gasteiger partial charge in [-0.3, -0.25) is 0 Å². The lowest BCUT2D eigenvalue weighted by Crippen LogP contribution is -2.02. The Labute approximate surface area is 106 Å². The van der Waals surface area contributed by atoms with Crippen LogP contribution in [0.5, 0.6) is 0 Å². The second-order valence-electron chi connectivity index (χ2n) is 4.47. The summed E-state index contributed by atoms with van der Waals surface area (Å²) in [6.07, 6.45) is 0.143. The third-order valence-electron chi connectivity index (χ3n) is 2.92. The van der Waals surface area contributed by atoms with Gasteiger partial charge in [0.1, 0.15) is 11.1 Å². The standard InChI is InChI=1S/C14H17NOS/c1-9-4-5-12(6-10(9)2)7-13(16)14-15-11(3)8-17-14/h4-6,8,13,16H,7H2,1-3H3. The molecule has 2 rings (SSSR count). The quantitative estimate of drug-likeness (QED) is 0.902. The van der Waals surface area contributed by atoms with Gasteiger partial charge in [0.15, 0.2) is 0 Å². The van der Waals surface area contributed by atoms with Gasteiger partial charge in [-0.15, -0.1) is 11.3 Å². The number of benzene rings is 1. The summed E-state index contributed by atoms with van der Waals surface area (Å²) < 4.78 is 0. The minimum Gasteiger partial charge on any atom is -0.386 e. The van der Waals surface area contributed by atoms with Crippen LogP contribution >= 0.6 is 11.3 Å². The molecule has 1 aromatic carbocycles. The Balaban J connectivity index is 2.12. The third-order valence-corrected chi connectivity index (χ3v) is 3.99.